The highest BCUT2D eigenvalue weighted by atomic mass is 19.1. The van der Waals surface area contributed by atoms with Crippen LogP contribution in [0.1, 0.15) is 31.2 Å². The normalized spacial score (nSPS) is 13.6. The molecule has 7 nitrogen and oxygen atoms in total. The van der Waals surface area contributed by atoms with Gasteiger partial charge in [0.15, 0.2) is 0 Å². The summed E-state index contributed by atoms with van der Waals surface area (Å²) in [6, 6.07) is 17.5. The fraction of sp³-hybridized carbons (Fsp3) is 0.259. The van der Waals surface area contributed by atoms with Crippen molar-refractivity contribution in [2.75, 3.05) is 5.32 Å². The summed E-state index contributed by atoms with van der Waals surface area (Å²) in [7, 11) is 0. The molecule has 2 heterocycles. The van der Waals surface area contributed by atoms with E-state index in [4.69, 9.17) is 4.74 Å². The number of nitrogens with zero attached hydrogens (tertiary/aromatic N) is 4. The van der Waals surface area contributed by atoms with Gasteiger partial charge in [0.25, 0.3) is 0 Å². The summed E-state index contributed by atoms with van der Waals surface area (Å²) in [6.07, 6.45) is 7.63. The number of amides is 1. The van der Waals surface area contributed by atoms with Crippen LogP contribution in [0.2, 0.25) is 0 Å². The minimum atomic E-state index is -0.635. The topological polar surface area (TPSA) is 81.9 Å². The van der Waals surface area contributed by atoms with Crippen molar-refractivity contribution in [1.82, 2.24) is 19.5 Å². The number of anilines is 1. The van der Waals surface area contributed by atoms with E-state index in [0.717, 1.165) is 23.4 Å². The van der Waals surface area contributed by atoms with Gasteiger partial charge in [0, 0.05) is 18.3 Å². The average molecular weight is 472 g/mol. The second-order valence-corrected chi connectivity index (χ2v) is 8.70. The standard InChI is InChI=1S/C27H26FN5O2/c28-22-12-10-21(11-13-22)24-25(33(18-30-24)16-19-6-4-5-7-19)23-14-15-29-26(31-23)32-27(34)35-17-20-8-2-1-3-9-20/h1-3,8-15,18-19H,4-7,16-17H2,(H,29,31,32,34). The smallest absolute Gasteiger partial charge is 0.414 e. The Bertz CT molecular complexity index is 1280. The van der Waals surface area contributed by atoms with Gasteiger partial charge in [-0.15, -0.1) is 0 Å². The highest BCUT2D eigenvalue weighted by Crippen LogP contribution is 2.33. The summed E-state index contributed by atoms with van der Waals surface area (Å²) in [6.45, 7) is 0.977. The van der Waals surface area contributed by atoms with E-state index in [2.05, 4.69) is 24.8 Å². The van der Waals surface area contributed by atoms with Gasteiger partial charge in [-0.3, -0.25) is 5.32 Å². The maximum atomic E-state index is 13.5. The summed E-state index contributed by atoms with van der Waals surface area (Å²) in [4.78, 5) is 25.8. The van der Waals surface area contributed by atoms with E-state index >= 15 is 0 Å². The van der Waals surface area contributed by atoms with Gasteiger partial charge in [0.05, 0.1) is 23.4 Å². The van der Waals surface area contributed by atoms with E-state index < -0.39 is 6.09 Å². The molecule has 8 heteroatoms. The third-order valence-corrected chi connectivity index (χ3v) is 6.21. The molecule has 0 spiro atoms. The predicted molar refractivity (Wildman–Crippen MR) is 131 cm³/mol. The van der Waals surface area contributed by atoms with Gasteiger partial charge in [-0.05, 0) is 54.7 Å². The van der Waals surface area contributed by atoms with Gasteiger partial charge >= 0.3 is 6.09 Å². The zero-order valence-electron chi connectivity index (χ0n) is 19.2. The van der Waals surface area contributed by atoms with Gasteiger partial charge < -0.3 is 9.30 Å². The van der Waals surface area contributed by atoms with E-state index in [1.54, 1.807) is 24.4 Å². The lowest BCUT2D eigenvalue weighted by Crippen LogP contribution is -2.16. The summed E-state index contributed by atoms with van der Waals surface area (Å²) >= 11 is 0. The molecule has 0 saturated heterocycles. The molecule has 0 atom stereocenters. The Morgan fingerprint density at radius 1 is 1.03 bits per heavy atom. The summed E-state index contributed by atoms with van der Waals surface area (Å²) in [5.74, 6) is 0.416. The molecule has 2 aromatic heterocycles. The average Bonchev–Trinajstić information content (AvgIpc) is 3.55. The van der Waals surface area contributed by atoms with Crippen LogP contribution in [0.3, 0.4) is 0 Å². The molecule has 0 bridgehead atoms. The first-order chi connectivity index (χ1) is 17.2. The van der Waals surface area contributed by atoms with E-state index in [1.165, 1.54) is 37.8 Å². The third-order valence-electron chi connectivity index (χ3n) is 6.21. The molecule has 178 valence electrons. The molecule has 1 aliphatic carbocycles. The van der Waals surface area contributed by atoms with Crippen LogP contribution in [0, 0.1) is 11.7 Å². The van der Waals surface area contributed by atoms with Crippen LogP contribution in [0.4, 0.5) is 15.1 Å². The number of carbonyl (C=O) groups excluding carboxylic acids is 1. The lowest BCUT2D eigenvalue weighted by Gasteiger charge is -2.14. The van der Waals surface area contributed by atoms with Crippen LogP contribution in [-0.4, -0.2) is 25.6 Å². The Labute approximate surface area is 203 Å². The number of hydrogen-bond donors (Lipinski definition) is 1. The van der Waals surface area contributed by atoms with Gasteiger partial charge in [-0.1, -0.05) is 43.2 Å². The van der Waals surface area contributed by atoms with Crippen LogP contribution in [-0.2, 0) is 17.9 Å². The number of hydrogen-bond acceptors (Lipinski definition) is 5. The molecule has 4 aromatic rings. The Morgan fingerprint density at radius 3 is 2.57 bits per heavy atom. The maximum Gasteiger partial charge on any atom is 0.414 e. The Balaban J connectivity index is 1.40. The summed E-state index contributed by atoms with van der Waals surface area (Å²) in [5.41, 5.74) is 3.82. The monoisotopic (exact) mass is 471 g/mol. The van der Waals surface area contributed by atoms with Crippen molar-refractivity contribution in [3.8, 4) is 22.6 Å². The minimum absolute atomic E-state index is 0.138. The molecule has 0 radical (unpaired) electrons. The number of nitrogens with one attached hydrogen (secondary N) is 1. The van der Waals surface area contributed by atoms with Gasteiger partial charge in [-0.2, -0.15) is 0 Å². The first-order valence-electron chi connectivity index (χ1n) is 11.8. The van der Waals surface area contributed by atoms with Crippen LogP contribution >= 0.6 is 0 Å². The molecule has 1 N–H and O–H groups in total. The second-order valence-electron chi connectivity index (χ2n) is 8.70. The molecular weight excluding hydrogens is 445 g/mol. The molecule has 1 aliphatic rings. The maximum absolute atomic E-state index is 13.5. The van der Waals surface area contributed by atoms with Crippen molar-refractivity contribution in [3.05, 3.63) is 84.6 Å². The molecule has 1 fully saturated rings. The molecule has 2 aromatic carbocycles. The summed E-state index contributed by atoms with van der Waals surface area (Å²) < 4.78 is 21.0. The number of carbonyl (C=O) groups is 1. The highest BCUT2D eigenvalue weighted by molar-refractivity contribution is 5.83. The van der Waals surface area contributed by atoms with E-state index in [1.807, 2.05) is 36.7 Å². The van der Waals surface area contributed by atoms with Crippen molar-refractivity contribution in [1.29, 1.82) is 0 Å². The number of rotatable bonds is 7. The fourth-order valence-corrected chi connectivity index (χ4v) is 4.48. The molecule has 0 aliphatic heterocycles. The predicted octanol–water partition coefficient (Wildman–Crippen LogP) is 6.09. The van der Waals surface area contributed by atoms with Crippen molar-refractivity contribution in [2.24, 2.45) is 5.92 Å². The molecule has 35 heavy (non-hydrogen) atoms. The van der Waals surface area contributed by atoms with Crippen molar-refractivity contribution in [2.45, 2.75) is 38.8 Å². The first-order valence-corrected chi connectivity index (χ1v) is 11.8. The molecular formula is C27H26FN5O2. The highest BCUT2D eigenvalue weighted by Gasteiger charge is 2.22. The molecule has 5 rings (SSSR count). The summed E-state index contributed by atoms with van der Waals surface area (Å²) in [5, 5.41) is 2.61. The lowest BCUT2D eigenvalue weighted by molar-refractivity contribution is 0.155. The molecule has 1 saturated carbocycles. The van der Waals surface area contributed by atoms with E-state index in [9.17, 15) is 9.18 Å². The number of aromatic nitrogens is 4. The first kappa shape index (κ1) is 22.7. The van der Waals surface area contributed by atoms with Crippen LogP contribution in [0.15, 0.2) is 73.2 Å². The third kappa shape index (κ3) is 5.54. The van der Waals surface area contributed by atoms with E-state index in [0.29, 0.717) is 17.3 Å². The number of ether oxygens (including phenoxy) is 1. The number of imidazole rings is 1. The SMILES string of the molecule is O=C(Nc1nccc(-c2c(-c3ccc(F)cc3)ncn2CC2CCCC2)n1)OCc1ccccc1. The Hall–Kier alpha value is -4.07. The van der Waals surface area contributed by atoms with Crippen molar-refractivity contribution < 1.29 is 13.9 Å². The van der Waals surface area contributed by atoms with Gasteiger partial charge in [-0.25, -0.2) is 24.1 Å². The van der Waals surface area contributed by atoms with Crippen LogP contribution in [0.25, 0.3) is 22.6 Å². The van der Waals surface area contributed by atoms with Gasteiger partial charge in [0.1, 0.15) is 12.4 Å². The van der Waals surface area contributed by atoms with E-state index in [-0.39, 0.29) is 18.4 Å². The van der Waals surface area contributed by atoms with Gasteiger partial charge in [0.2, 0.25) is 5.95 Å². The van der Waals surface area contributed by atoms with Crippen molar-refractivity contribution >= 4 is 12.0 Å². The molecule has 1 amide bonds. The Morgan fingerprint density at radius 2 is 1.80 bits per heavy atom. The zero-order chi connectivity index (χ0) is 24.0. The molecule has 0 unspecified atom stereocenters. The number of halogens is 1. The van der Waals surface area contributed by atoms with Crippen LogP contribution in [0.5, 0.6) is 0 Å². The quantitative estimate of drug-likeness (QED) is 0.353. The largest absolute Gasteiger partial charge is 0.444 e. The van der Waals surface area contributed by atoms with Crippen LogP contribution < -0.4 is 5.32 Å². The van der Waals surface area contributed by atoms with Crippen molar-refractivity contribution in [3.63, 3.8) is 0 Å². The number of benzene rings is 2. The lowest BCUT2D eigenvalue weighted by atomic mass is 10.1. The minimum Gasteiger partial charge on any atom is -0.444 e. The second kappa shape index (κ2) is 10.5. The fourth-order valence-electron chi connectivity index (χ4n) is 4.48. The Kier molecular flexibility index (Phi) is 6.79. The zero-order valence-corrected chi connectivity index (χ0v) is 19.2.